The summed E-state index contributed by atoms with van der Waals surface area (Å²) < 4.78 is 5.64. The third-order valence-electron chi connectivity index (χ3n) is 4.65. The molecule has 0 saturated carbocycles. The highest BCUT2D eigenvalue weighted by atomic mass is 32.2. The second kappa shape index (κ2) is 8.48. The van der Waals surface area contributed by atoms with Gasteiger partial charge in [0.15, 0.2) is 0 Å². The summed E-state index contributed by atoms with van der Waals surface area (Å²) in [6.45, 7) is 4.24. The normalized spacial score (nSPS) is 13.7. The maximum atomic E-state index is 12.2. The van der Waals surface area contributed by atoms with Crippen LogP contribution in [0.15, 0.2) is 58.2 Å². The smallest absolute Gasteiger partial charge is 0.277 e. The largest absolute Gasteiger partial charge is 0.411 e. The Balaban J connectivity index is 1.29. The minimum atomic E-state index is -0.103. The van der Waals surface area contributed by atoms with E-state index < -0.39 is 0 Å². The standard InChI is InChI=1S/C21H22N4O2S/c1-15-4-6-16(7-5-15)20-23-24-21(27-20)28-14-19(26)22-17-8-10-18(11-9-17)25-12-2-3-13-25/h4-11H,2-3,12-14H2,1H3,(H,22,26). The molecule has 1 amide bonds. The fraction of sp³-hybridized carbons (Fsp3) is 0.286. The molecular formula is C21H22N4O2S. The van der Waals surface area contributed by atoms with Crippen LogP contribution in [0.3, 0.4) is 0 Å². The molecule has 2 aromatic carbocycles. The van der Waals surface area contributed by atoms with Gasteiger partial charge in [0.2, 0.25) is 11.8 Å². The van der Waals surface area contributed by atoms with Crippen LogP contribution < -0.4 is 10.2 Å². The van der Waals surface area contributed by atoms with Crippen molar-refractivity contribution >= 4 is 29.0 Å². The zero-order valence-electron chi connectivity index (χ0n) is 15.7. The van der Waals surface area contributed by atoms with Crippen molar-refractivity contribution in [2.24, 2.45) is 0 Å². The number of anilines is 2. The molecule has 0 spiro atoms. The van der Waals surface area contributed by atoms with E-state index in [9.17, 15) is 4.79 Å². The number of carbonyl (C=O) groups is 1. The summed E-state index contributed by atoms with van der Waals surface area (Å²) in [6.07, 6.45) is 2.49. The van der Waals surface area contributed by atoms with Crippen molar-refractivity contribution in [2.45, 2.75) is 25.0 Å². The van der Waals surface area contributed by atoms with E-state index in [1.54, 1.807) is 0 Å². The average molecular weight is 395 g/mol. The number of benzene rings is 2. The average Bonchev–Trinajstić information content (AvgIpc) is 3.40. The minimum absolute atomic E-state index is 0.103. The van der Waals surface area contributed by atoms with E-state index in [4.69, 9.17) is 4.42 Å². The van der Waals surface area contributed by atoms with Crippen molar-refractivity contribution in [2.75, 3.05) is 29.1 Å². The van der Waals surface area contributed by atoms with Gasteiger partial charge in [-0.2, -0.15) is 0 Å². The van der Waals surface area contributed by atoms with E-state index >= 15 is 0 Å². The maximum absolute atomic E-state index is 12.2. The summed E-state index contributed by atoms with van der Waals surface area (Å²) in [6, 6.07) is 15.9. The molecule has 28 heavy (non-hydrogen) atoms. The second-order valence-corrected chi connectivity index (χ2v) is 7.74. The van der Waals surface area contributed by atoms with Gasteiger partial charge < -0.3 is 14.6 Å². The lowest BCUT2D eigenvalue weighted by atomic mass is 10.1. The summed E-state index contributed by atoms with van der Waals surface area (Å²) in [7, 11) is 0. The molecule has 1 aliphatic heterocycles. The Morgan fingerprint density at radius 1 is 1.07 bits per heavy atom. The Labute approximate surface area is 168 Å². The molecule has 6 nitrogen and oxygen atoms in total. The van der Waals surface area contributed by atoms with Gasteiger partial charge in [0.25, 0.3) is 5.22 Å². The first kappa shape index (κ1) is 18.6. The lowest BCUT2D eigenvalue weighted by Gasteiger charge is -2.17. The van der Waals surface area contributed by atoms with Crippen LogP contribution in [0, 0.1) is 6.92 Å². The maximum Gasteiger partial charge on any atom is 0.277 e. The highest BCUT2D eigenvalue weighted by Crippen LogP contribution is 2.24. The topological polar surface area (TPSA) is 71.3 Å². The molecule has 1 fully saturated rings. The monoisotopic (exact) mass is 394 g/mol. The van der Waals surface area contributed by atoms with Gasteiger partial charge in [-0.15, -0.1) is 10.2 Å². The van der Waals surface area contributed by atoms with Crippen molar-refractivity contribution in [1.82, 2.24) is 10.2 Å². The summed E-state index contributed by atoms with van der Waals surface area (Å²) in [5.41, 5.74) is 4.04. The van der Waals surface area contributed by atoms with E-state index in [0.717, 1.165) is 24.3 Å². The number of hydrogen-bond acceptors (Lipinski definition) is 6. The molecule has 7 heteroatoms. The van der Waals surface area contributed by atoms with Gasteiger partial charge in [-0.05, 0) is 56.2 Å². The SMILES string of the molecule is Cc1ccc(-c2nnc(SCC(=O)Nc3ccc(N4CCCC4)cc3)o2)cc1. The van der Waals surface area contributed by atoms with E-state index in [1.807, 2.05) is 43.3 Å². The number of aromatic nitrogens is 2. The highest BCUT2D eigenvalue weighted by molar-refractivity contribution is 7.99. The lowest BCUT2D eigenvalue weighted by Crippen LogP contribution is -2.18. The molecule has 3 aromatic rings. The van der Waals surface area contributed by atoms with Crippen molar-refractivity contribution < 1.29 is 9.21 Å². The van der Waals surface area contributed by atoms with Crippen LogP contribution in [0.5, 0.6) is 0 Å². The van der Waals surface area contributed by atoms with Crippen LogP contribution in [-0.4, -0.2) is 34.9 Å². The summed E-state index contributed by atoms with van der Waals surface area (Å²) >= 11 is 1.23. The molecule has 1 N–H and O–H groups in total. The molecule has 1 aromatic heterocycles. The van der Waals surface area contributed by atoms with Crippen molar-refractivity contribution in [3.63, 3.8) is 0 Å². The first-order valence-electron chi connectivity index (χ1n) is 9.35. The number of nitrogens with one attached hydrogen (secondary N) is 1. The second-order valence-electron chi connectivity index (χ2n) is 6.82. The molecule has 0 unspecified atom stereocenters. The molecular weight excluding hydrogens is 372 g/mol. The van der Waals surface area contributed by atoms with E-state index in [1.165, 1.54) is 35.9 Å². The molecule has 0 radical (unpaired) electrons. The fourth-order valence-electron chi connectivity index (χ4n) is 3.14. The van der Waals surface area contributed by atoms with Gasteiger partial charge in [0, 0.05) is 30.0 Å². The van der Waals surface area contributed by atoms with Crippen LogP contribution in [0.1, 0.15) is 18.4 Å². The predicted molar refractivity (Wildman–Crippen MR) is 112 cm³/mol. The Bertz CT molecular complexity index is 932. The van der Waals surface area contributed by atoms with Crippen LogP contribution >= 0.6 is 11.8 Å². The fourth-order valence-corrected chi connectivity index (χ4v) is 3.70. The number of thioether (sulfide) groups is 1. The lowest BCUT2D eigenvalue weighted by molar-refractivity contribution is -0.113. The van der Waals surface area contributed by atoms with Crippen molar-refractivity contribution in [1.29, 1.82) is 0 Å². The number of hydrogen-bond donors (Lipinski definition) is 1. The molecule has 4 rings (SSSR count). The van der Waals surface area contributed by atoms with Crippen LogP contribution in [0.4, 0.5) is 11.4 Å². The molecule has 1 saturated heterocycles. The third-order valence-corrected chi connectivity index (χ3v) is 5.47. The van der Waals surface area contributed by atoms with Crippen LogP contribution in [0.2, 0.25) is 0 Å². The summed E-state index contributed by atoms with van der Waals surface area (Å²) in [5.74, 6) is 0.568. The molecule has 0 aliphatic carbocycles. The first-order valence-corrected chi connectivity index (χ1v) is 10.3. The highest BCUT2D eigenvalue weighted by Gasteiger charge is 2.13. The number of carbonyl (C=O) groups excluding carboxylic acids is 1. The van der Waals surface area contributed by atoms with Gasteiger partial charge in [-0.25, -0.2) is 0 Å². The predicted octanol–water partition coefficient (Wildman–Crippen LogP) is 4.38. The molecule has 0 atom stereocenters. The van der Waals surface area contributed by atoms with Gasteiger partial charge in [0.05, 0.1) is 5.75 Å². The Hall–Kier alpha value is -2.80. The zero-order valence-corrected chi connectivity index (χ0v) is 16.5. The van der Waals surface area contributed by atoms with Gasteiger partial charge in [-0.1, -0.05) is 29.5 Å². The quantitative estimate of drug-likeness (QED) is 0.626. The molecule has 0 bridgehead atoms. The van der Waals surface area contributed by atoms with Crippen LogP contribution in [0.25, 0.3) is 11.5 Å². The third kappa shape index (κ3) is 4.54. The Morgan fingerprint density at radius 3 is 2.50 bits per heavy atom. The van der Waals surface area contributed by atoms with Crippen molar-refractivity contribution in [3.8, 4) is 11.5 Å². The Kier molecular flexibility index (Phi) is 5.62. The number of aryl methyl sites for hydroxylation is 1. The molecule has 2 heterocycles. The first-order chi connectivity index (χ1) is 13.7. The molecule has 1 aliphatic rings. The summed E-state index contributed by atoms with van der Waals surface area (Å²) in [5, 5.41) is 11.4. The van der Waals surface area contributed by atoms with Crippen LogP contribution in [-0.2, 0) is 4.79 Å². The number of nitrogens with zero attached hydrogens (tertiary/aromatic N) is 3. The zero-order chi connectivity index (χ0) is 19.3. The van der Waals surface area contributed by atoms with Gasteiger partial charge in [-0.3, -0.25) is 4.79 Å². The minimum Gasteiger partial charge on any atom is -0.411 e. The van der Waals surface area contributed by atoms with E-state index in [-0.39, 0.29) is 11.7 Å². The van der Waals surface area contributed by atoms with Gasteiger partial charge in [0.1, 0.15) is 0 Å². The number of amides is 1. The van der Waals surface area contributed by atoms with E-state index in [0.29, 0.717) is 11.1 Å². The summed E-state index contributed by atoms with van der Waals surface area (Å²) in [4.78, 5) is 14.6. The molecule has 144 valence electrons. The number of rotatable bonds is 6. The van der Waals surface area contributed by atoms with Gasteiger partial charge >= 0.3 is 0 Å². The van der Waals surface area contributed by atoms with E-state index in [2.05, 4.69) is 32.5 Å². The Morgan fingerprint density at radius 2 is 1.79 bits per heavy atom. The van der Waals surface area contributed by atoms with Crippen molar-refractivity contribution in [3.05, 3.63) is 54.1 Å².